The minimum absolute atomic E-state index is 0.743. The third-order valence-corrected chi connectivity index (χ3v) is 4.10. The zero-order chi connectivity index (χ0) is 12.3. The lowest BCUT2D eigenvalue weighted by molar-refractivity contribution is 0.306. The molecule has 1 aromatic carbocycles. The summed E-state index contributed by atoms with van der Waals surface area (Å²) in [5.41, 5.74) is 4.23. The van der Waals surface area contributed by atoms with Crippen LogP contribution in [0, 0.1) is 19.8 Å². The van der Waals surface area contributed by atoms with Gasteiger partial charge in [0, 0.05) is 12.6 Å². The van der Waals surface area contributed by atoms with Gasteiger partial charge in [-0.2, -0.15) is 0 Å². The molecule has 0 spiro atoms. The van der Waals surface area contributed by atoms with Gasteiger partial charge in [0.15, 0.2) is 0 Å². The molecule has 0 unspecified atom stereocenters. The second-order valence-electron chi connectivity index (χ2n) is 5.77. The fraction of sp³-hybridized carbons (Fsp3) is 0.625. The predicted molar refractivity (Wildman–Crippen MR) is 74.2 cm³/mol. The molecule has 1 fully saturated rings. The third-order valence-electron chi connectivity index (χ3n) is 4.10. The summed E-state index contributed by atoms with van der Waals surface area (Å²) in [7, 11) is 0. The Morgan fingerprint density at radius 2 is 1.82 bits per heavy atom. The predicted octanol–water partition coefficient (Wildman–Crippen LogP) is 3.97. The van der Waals surface area contributed by atoms with E-state index in [0.717, 1.165) is 18.5 Å². The van der Waals surface area contributed by atoms with Crippen molar-refractivity contribution in [1.29, 1.82) is 0 Å². The molecule has 0 heterocycles. The van der Waals surface area contributed by atoms with Crippen LogP contribution in [0.1, 0.15) is 49.3 Å². The minimum atomic E-state index is 0.743. The number of nitrogens with one attached hydrogen (secondary N) is 1. The van der Waals surface area contributed by atoms with Crippen LogP contribution in [0.15, 0.2) is 18.2 Å². The maximum atomic E-state index is 3.72. The van der Waals surface area contributed by atoms with Gasteiger partial charge in [-0.15, -0.1) is 0 Å². The van der Waals surface area contributed by atoms with Gasteiger partial charge < -0.3 is 5.32 Å². The molecule has 94 valence electrons. The van der Waals surface area contributed by atoms with Crippen LogP contribution in [-0.2, 0) is 6.54 Å². The Kier molecular flexibility index (Phi) is 4.22. The van der Waals surface area contributed by atoms with E-state index >= 15 is 0 Å². The van der Waals surface area contributed by atoms with Gasteiger partial charge in [0.1, 0.15) is 0 Å². The first-order valence-electron chi connectivity index (χ1n) is 6.94. The zero-order valence-corrected chi connectivity index (χ0v) is 11.4. The third kappa shape index (κ3) is 3.57. The van der Waals surface area contributed by atoms with Crippen LogP contribution >= 0.6 is 0 Å². The summed E-state index contributed by atoms with van der Waals surface area (Å²) in [6.45, 7) is 7.78. The van der Waals surface area contributed by atoms with Gasteiger partial charge in [-0.3, -0.25) is 0 Å². The van der Waals surface area contributed by atoms with Crippen molar-refractivity contribution in [2.45, 2.75) is 59.0 Å². The first-order valence-corrected chi connectivity index (χ1v) is 6.94. The van der Waals surface area contributed by atoms with Crippen LogP contribution in [0.25, 0.3) is 0 Å². The number of aryl methyl sites for hydroxylation is 2. The molecule has 0 atom stereocenters. The van der Waals surface area contributed by atoms with Gasteiger partial charge in [0.2, 0.25) is 0 Å². The molecule has 1 heteroatoms. The molecule has 17 heavy (non-hydrogen) atoms. The van der Waals surface area contributed by atoms with Crippen LogP contribution in [0.5, 0.6) is 0 Å². The van der Waals surface area contributed by atoms with Crippen LogP contribution in [0.3, 0.4) is 0 Å². The SMILES string of the molecule is Cc1ccc(CNC2CCC(C)CC2)c(C)c1. The topological polar surface area (TPSA) is 12.0 Å². The zero-order valence-electron chi connectivity index (χ0n) is 11.4. The van der Waals surface area contributed by atoms with Crippen molar-refractivity contribution >= 4 is 0 Å². The lowest BCUT2D eigenvalue weighted by Gasteiger charge is -2.27. The summed E-state index contributed by atoms with van der Waals surface area (Å²) in [6.07, 6.45) is 5.49. The van der Waals surface area contributed by atoms with Gasteiger partial charge in [0.05, 0.1) is 0 Å². The molecule has 0 aromatic heterocycles. The minimum Gasteiger partial charge on any atom is -0.310 e. The standard InChI is InChI=1S/C16H25N/c1-12-5-8-16(9-6-12)17-11-15-7-4-13(2)10-14(15)3/h4,7,10,12,16-17H,5-6,8-9,11H2,1-3H3. The average Bonchev–Trinajstić information content (AvgIpc) is 2.30. The second kappa shape index (κ2) is 5.68. The second-order valence-corrected chi connectivity index (χ2v) is 5.77. The van der Waals surface area contributed by atoms with E-state index in [1.54, 1.807) is 0 Å². The molecule has 1 saturated carbocycles. The lowest BCUT2D eigenvalue weighted by atomic mass is 9.87. The molecular weight excluding hydrogens is 206 g/mol. The van der Waals surface area contributed by atoms with E-state index < -0.39 is 0 Å². The van der Waals surface area contributed by atoms with E-state index in [4.69, 9.17) is 0 Å². The maximum absolute atomic E-state index is 3.72. The molecule has 1 aliphatic rings. The summed E-state index contributed by atoms with van der Waals surface area (Å²) < 4.78 is 0. The molecule has 1 N–H and O–H groups in total. The van der Waals surface area contributed by atoms with Gasteiger partial charge in [0.25, 0.3) is 0 Å². The molecule has 0 aliphatic heterocycles. The Morgan fingerprint density at radius 3 is 2.47 bits per heavy atom. The van der Waals surface area contributed by atoms with Crippen molar-refractivity contribution in [3.8, 4) is 0 Å². The Hall–Kier alpha value is -0.820. The van der Waals surface area contributed by atoms with E-state index in [2.05, 4.69) is 44.3 Å². The highest BCUT2D eigenvalue weighted by Gasteiger charge is 2.17. The van der Waals surface area contributed by atoms with E-state index in [1.165, 1.54) is 42.4 Å². The largest absolute Gasteiger partial charge is 0.310 e. The molecule has 0 saturated heterocycles. The van der Waals surface area contributed by atoms with E-state index in [9.17, 15) is 0 Å². The van der Waals surface area contributed by atoms with Gasteiger partial charge in [-0.05, 0) is 56.6 Å². The fourth-order valence-corrected chi connectivity index (χ4v) is 2.76. The van der Waals surface area contributed by atoms with Crippen LogP contribution < -0.4 is 5.32 Å². The molecule has 0 bridgehead atoms. The van der Waals surface area contributed by atoms with Crippen molar-refractivity contribution in [1.82, 2.24) is 5.32 Å². The molecular formula is C16H25N. The molecule has 2 rings (SSSR count). The van der Waals surface area contributed by atoms with E-state index in [-0.39, 0.29) is 0 Å². The van der Waals surface area contributed by atoms with Crippen LogP contribution in [0.2, 0.25) is 0 Å². The first-order chi connectivity index (χ1) is 8.15. The molecule has 1 nitrogen and oxygen atoms in total. The van der Waals surface area contributed by atoms with Gasteiger partial charge in [-0.1, -0.05) is 30.7 Å². The number of hydrogen-bond donors (Lipinski definition) is 1. The smallest absolute Gasteiger partial charge is 0.0210 e. The van der Waals surface area contributed by atoms with Crippen molar-refractivity contribution < 1.29 is 0 Å². The quantitative estimate of drug-likeness (QED) is 0.830. The maximum Gasteiger partial charge on any atom is 0.0210 e. The van der Waals surface area contributed by atoms with Gasteiger partial charge >= 0.3 is 0 Å². The lowest BCUT2D eigenvalue weighted by Crippen LogP contribution is -2.32. The summed E-state index contributed by atoms with van der Waals surface area (Å²) in [6, 6.07) is 7.50. The normalized spacial score (nSPS) is 24.9. The van der Waals surface area contributed by atoms with Crippen molar-refractivity contribution in [2.24, 2.45) is 5.92 Å². The monoisotopic (exact) mass is 231 g/mol. The fourth-order valence-electron chi connectivity index (χ4n) is 2.76. The van der Waals surface area contributed by atoms with Crippen molar-refractivity contribution in [3.05, 3.63) is 34.9 Å². The highest BCUT2D eigenvalue weighted by atomic mass is 14.9. The highest BCUT2D eigenvalue weighted by molar-refractivity contribution is 5.30. The summed E-state index contributed by atoms with van der Waals surface area (Å²) in [5.74, 6) is 0.939. The molecule has 1 aliphatic carbocycles. The molecule has 0 radical (unpaired) electrons. The van der Waals surface area contributed by atoms with Crippen LogP contribution in [0.4, 0.5) is 0 Å². The Morgan fingerprint density at radius 1 is 1.12 bits per heavy atom. The molecule has 0 amide bonds. The number of hydrogen-bond acceptors (Lipinski definition) is 1. The Balaban J connectivity index is 1.85. The number of rotatable bonds is 3. The van der Waals surface area contributed by atoms with E-state index in [1.807, 2.05) is 0 Å². The summed E-state index contributed by atoms with van der Waals surface area (Å²) in [5, 5.41) is 3.72. The van der Waals surface area contributed by atoms with Crippen molar-refractivity contribution in [2.75, 3.05) is 0 Å². The summed E-state index contributed by atoms with van der Waals surface area (Å²) in [4.78, 5) is 0. The summed E-state index contributed by atoms with van der Waals surface area (Å²) >= 11 is 0. The Bertz CT molecular complexity index is 362. The number of benzene rings is 1. The molecule has 1 aromatic rings. The van der Waals surface area contributed by atoms with E-state index in [0.29, 0.717) is 0 Å². The highest BCUT2D eigenvalue weighted by Crippen LogP contribution is 2.23. The van der Waals surface area contributed by atoms with Crippen molar-refractivity contribution in [3.63, 3.8) is 0 Å². The first kappa shape index (κ1) is 12.6. The Labute approximate surface area is 106 Å². The average molecular weight is 231 g/mol. The van der Waals surface area contributed by atoms with Gasteiger partial charge in [-0.25, -0.2) is 0 Å². The van der Waals surface area contributed by atoms with Crippen LogP contribution in [-0.4, -0.2) is 6.04 Å².